The largest absolute Gasteiger partial charge is 0.494 e. The number of nitrogens with one attached hydrogen (secondary N) is 1. The van der Waals surface area contributed by atoms with E-state index in [1.807, 2.05) is 30.3 Å². The number of carbonyl (C=O) groups excluding carboxylic acids is 2. The fraction of sp³-hybridized carbons (Fsp3) is 0.300. The summed E-state index contributed by atoms with van der Waals surface area (Å²) in [5, 5.41) is 2.53. The lowest BCUT2D eigenvalue weighted by Crippen LogP contribution is -2.37. The lowest BCUT2D eigenvalue weighted by atomic mass is 9.99. The van der Waals surface area contributed by atoms with Gasteiger partial charge >= 0.3 is 0 Å². The maximum atomic E-state index is 13.9. The Balaban J connectivity index is 1.55. The van der Waals surface area contributed by atoms with E-state index in [4.69, 9.17) is 4.74 Å². The number of methoxy groups -OCH3 is 1. The lowest BCUT2D eigenvalue weighted by Gasteiger charge is -2.17. The Hall–Kier alpha value is -2.96. The maximum Gasteiger partial charge on any atom is 0.239 e. The Kier molecular flexibility index (Phi) is 5.69. The Bertz CT molecular complexity index is 843. The van der Waals surface area contributed by atoms with Gasteiger partial charge in [-0.2, -0.15) is 4.39 Å². The summed E-state index contributed by atoms with van der Waals surface area (Å²) in [6.07, 6.45) is 0.357. The second-order valence-corrected chi connectivity index (χ2v) is 6.42. The summed E-state index contributed by atoms with van der Waals surface area (Å²) in [6, 6.07) is 12.3. The molecule has 0 saturated carbocycles. The average Bonchev–Trinajstić information content (AvgIpc) is 3.04. The van der Waals surface area contributed by atoms with Gasteiger partial charge in [0, 0.05) is 31.0 Å². The highest BCUT2D eigenvalue weighted by molar-refractivity contribution is 5.86. The van der Waals surface area contributed by atoms with Crippen molar-refractivity contribution in [2.45, 2.75) is 18.9 Å². The second kappa shape index (κ2) is 8.16. The van der Waals surface area contributed by atoms with Crippen molar-refractivity contribution in [1.82, 2.24) is 10.2 Å². The van der Waals surface area contributed by atoms with Gasteiger partial charge in [0.1, 0.15) is 0 Å². The van der Waals surface area contributed by atoms with Crippen LogP contribution in [0.5, 0.6) is 5.75 Å². The topological polar surface area (TPSA) is 58.6 Å². The first-order chi connectivity index (χ1) is 13.0. The van der Waals surface area contributed by atoms with E-state index in [0.717, 1.165) is 5.56 Å². The molecule has 0 unspecified atom stereocenters. The van der Waals surface area contributed by atoms with Crippen LogP contribution in [0.25, 0.3) is 0 Å². The van der Waals surface area contributed by atoms with Crippen LogP contribution >= 0.6 is 0 Å². The summed E-state index contributed by atoms with van der Waals surface area (Å²) in [5.74, 6) is -2.81. The van der Waals surface area contributed by atoms with E-state index in [1.165, 1.54) is 24.1 Å². The van der Waals surface area contributed by atoms with Crippen molar-refractivity contribution in [1.29, 1.82) is 0 Å². The number of hydrogen-bond acceptors (Lipinski definition) is 3. The van der Waals surface area contributed by atoms with Gasteiger partial charge in [0.15, 0.2) is 11.6 Å². The summed E-state index contributed by atoms with van der Waals surface area (Å²) >= 11 is 0. The summed E-state index contributed by atoms with van der Waals surface area (Å²) in [7, 11) is 1.25. The predicted molar refractivity (Wildman–Crippen MR) is 95.1 cm³/mol. The summed E-state index contributed by atoms with van der Waals surface area (Å²) in [4.78, 5) is 25.8. The average molecular weight is 374 g/mol. The Morgan fingerprint density at radius 1 is 1.19 bits per heavy atom. The smallest absolute Gasteiger partial charge is 0.239 e. The highest BCUT2D eigenvalue weighted by Crippen LogP contribution is 2.27. The molecule has 0 radical (unpaired) electrons. The Labute approximate surface area is 155 Å². The zero-order chi connectivity index (χ0) is 19.4. The molecule has 0 spiro atoms. The van der Waals surface area contributed by atoms with E-state index in [1.54, 1.807) is 0 Å². The van der Waals surface area contributed by atoms with Gasteiger partial charge in [0.2, 0.25) is 17.6 Å². The van der Waals surface area contributed by atoms with E-state index >= 15 is 0 Å². The van der Waals surface area contributed by atoms with Crippen molar-refractivity contribution in [2.75, 3.05) is 20.2 Å². The zero-order valence-corrected chi connectivity index (χ0v) is 14.9. The second-order valence-electron chi connectivity index (χ2n) is 6.42. The fourth-order valence-corrected chi connectivity index (χ4v) is 3.16. The number of hydrogen-bond donors (Lipinski definition) is 1. The first-order valence-corrected chi connectivity index (χ1v) is 8.60. The van der Waals surface area contributed by atoms with Crippen molar-refractivity contribution in [2.24, 2.45) is 0 Å². The van der Waals surface area contributed by atoms with Crippen LogP contribution in [0.4, 0.5) is 8.78 Å². The Morgan fingerprint density at radius 2 is 1.93 bits per heavy atom. The minimum atomic E-state index is -1.09. The molecule has 0 aromatic heterocycles. The van der Waals surface area contributed by atoms with Gasteiger partial charge in [-0.15, -0.1) is 0 Å². The van der Waals surface area contributed by atoms with E-state index in [9.17, 15) is 18.4 Å². The molecule has 2 amide bonds. The summed E-state index contributed by atoms with van der Waals surface area (Å²) < 4.78 is 32.3. The molecule has 1 N–H and O–H groups in total. The van der Waals surface area contributed by atoms with E-state index < -0.39 is 17.5 Å². The molecule has 1 saturated heterocycles. The summed E-state index contributed by atoms with van der Waals surface area (Å²) in [5.41, 5.74) is 1.07. The van der Waals surface area contributed by atoms with Gasteiger partial charge < -0.3 is 15.0 Å². The minimum Gasteiger partial charge on any atom is -0.494 e. The molecule has 0 aliphatic carbocycles. The molecule has 1 heterocycles. The first kappa shape index (κ1) is 18.8. The monoisotopic (exact) mass is 374 g/mol. The van der Waals surface area contributed by atoms with Gasteiger partial charge in [-0.1, -0.05) is 36.4 Å². The molecular weight excluding hydrogens is 354 g/mol. The highest BCUT2D eigenvalue weighted by Gasteiger charge is 2.31. The number of nitrogens with zero attached hydrogens (tertiary/aromatic N) is 1. The molecule has 2 aromatic carbocycles. The lowest BCUT2D eigenvalue weighted by molar-refractivity contribution is -0.133. The predicted octanol–water partition coefficient (Wildman–Crippen LogP) is 2.61. The molecule has 1 atom stereocenters. The third kappa shape index (κ3) is 4.24. The third-order valence-electron chi connectivity index (χ3n) is 4.64. The van der Waals surface area contributed by atoms with Gasteiger partial charge in [-0.25, -0.2) is 4.39 Å². The van der Waals surface area contributed by atoms with E-state index in [-0.39, 0.29) is 36.2 Å². The van der Waals surface area contributed by atoms with E-state index in [0.29, 0.717) is 13.0 Å². The molecular formula is C20H20F2N2O3. The first-order valence-electron chi connectivity index (χ1n) is 8.60. The van der Waals surface area contributed by atoms with Crippen LogP contribution in [-0.4, -0.2) is 36.9 Å². The van der Waals surface area contributed by atoms with Gasteiger partial charge in [0.25, 0.3) is 0 Å². The molecule has 1 fully saturated rings. The number of carbonyl (C=O) groups is 2. The van der Waals surface area contributed by atoms with Crippen molar-refractivity contribution in [3.8, 4) is 5.75 Å². The molecule has 0 bridgehead atoms. The maximum absolute atomic E-state index is 13.9. The number of benzene rings is 2. The van der Waals surface area contributed by atoms with Crippen LogP contribution in [0.2, 0.25) is 0 Å². The van der Waals surface area contributed by atoms with Crippen molar-refractivity contribution >= 4 is 11.8 Å². The van der Waals surface area contributed by atoms with Crippen LogP contribution in [-0.2, 0) is 16.1 Å². The van der Waals surface area contributed by atoms with Crippen LogP contribution < -0.4 is 10.1 Å². The molecule has 1 aliphatic heterocycles. The fourth-order valence-electron chi connectivity index (χ4n) is 3.16. The molecule has 5 nitrogen and oxygen atoms in total. The highest BCUT2D eigenvalue weighted by atomic mass is 19.2. The number of rotatable bonds is 6. The van der Waals surface area contributed by atoms with Crippen LogP contribution in [0.3, 0.4) is 0 Å². The SMILES string of the molecule is COc1ccc(CNC(=O)CN2C[C@@H](c3ccccc3)CC2=O)c(F)c1F. The van der Waals surface area contributed by atoms with Gasteiger partial charge in [-0.3, -0.25) is 9.59 Å². The van der Waals surface area contributed by atoms with Crippen molar-refractivity contribution < 1.29 is 23.1 Å². The molecule has 2 aromatic rings. The quantitative estimate of drug-likeness (QED) is 0.846. The molecule has 1 aliphatic rings. The Morgan fingerprint density at radius 3 is 2.63 bits per heavy atom. The third-order valence-corrected chi connectivity index (χ3v) is 4.64. The number of ether oxygens (including phenoxy) is 1. The number of likely N-dealkylation sites (tertiary alicyclic amines) is 1. The number of amides is 2. The van der Waals surface area contributed by atoms with Crippen LogP contribution in [0, 0.1) is 11.6 Å². The summed E-state index contributed by atoms with van der Waals surface area (Å²) in [6.45, 7) is 0.180. The zero-order valence-electron chi connectivity index (χ0n) is 14.9. The molecule has 7 heteroatoms. The van der Waals surface area contributed by atoms with Crippen molar-refractivity contribution in [3.05, 3.63) is 65.2 Å². The van der Waals surface area contributed by atoms with Crippen LogP contribution in [0.15, 0.2) is 42.5 Å². The number of halogens is 2. The minimum absolute atomic E-state index is 0.0107. The van der Waals surface area contributed by atoms with Gasteiger partial charge in [-0.05, 0) is 11.6 Å². The standard InChI is InChI=1S/C20H20F2N2O3/c1-27-16-8-7-14(19(21)20(16)22)10-23-17(25)12-24-11-15(9-18(24)26)13-5-3-2-4-6-13/h2-8,15H,9-12H2,1H3,(H,23,25)/t15-/m0/s1. The molecule has 3 rings (SSSR count). The molecule has 27 heavy (non-hydrogen) atoms. The van der Waals surface area contributed by atoms with Gasteiger partial charge in [0.05, 0.1) is 13.7 Å². The molecule has 142 valence electrons. The van der Waals surface area contributed by atoms with Crippen molar-refractivity contribution in [3.63, 3.8) is 0 Å². The normalized spacial score (nSPS) is 16.5. The van der Waals surface area contributed by atoms with Crippen LogP contribution in [0.1, 0.15) is 23.5 Å². The van der Waals surface area contributed by atoms with E-state index in [2.05, 4.69) is 5.32 Å².